The monoisotopic (exact) mass is 746 g/mol. The van der Waals surface area contributed by atoms with Crippen molar-refractivity contribution in [3.05, 3.63) is 126 Å². The van der Waals surface area contributed by atoms with Crippen LogP contribution < -0.4 is 27.4 Å². The van der Waals surface area contributed by atoms with Crippen molar-refractivity contribution < 1.29 is 28.8 Å². The molecule has 5 aromatic rings. The second kappa shape index (κ2) is 19.6. The van der Waals surface area contributed by atoms with Gasteiger partial charge >= 0.3 is 0 Å². The van der Waals surface area contributed by atoms with Crippen molar-refractivity contribution in [3.63, 3.8) is 0 Å². The van der Waals surface area contributed by atoms with Crippen LogP contribution in [0.2, 0.25) is 0 Å². The van der Waals surface area contributed by atoms with Gasteiger partial charge in [0.2, 0.25) is 17.7 Å². The molecule has 4 amide bonds. The molecule has 55 heavy (non-hydrogen) atoms. The van der Waals surface area contributed by atoms with Gasteiger partial charge in [0.15, 0.2) is 11.6 Å². The largest absolute Gasteiger partial charge is 0.368 e. The van der Waals surface area contributed by atoms with Crippen LogP contribution in [-0.4, -0.2) is 75.3 Å². The molecule has 0 aliphatic carbocycles. The normalized spacial score (nSPS) is 13.3. The van der Waals surface area contributed by atoms with Gasteiger partial charge in [-0.25, -0.2) is 4.98 Å². The van der Waals surface area contributed by atoms with E-state index < -0.39 is 53.3 Å². The summed E-state index contributed by atoms with van der Waals surface area (Å²) in [6.45, 7) is -0.213. The number of rotatable bonds is 21. The number of imidazole rings is 1. The SMILES string of the molecule is NCCC(CC(=O)[C@@H](Cc1ccccc1)NC(=O)[C@@H](CC(=O)CNC(=O)c1ccccc1)Cc1cnc[nH]1)C(=O)NC(Cc1c[nH]c2ccccc12)C(N)=O. The molecule has 2 aromatic heterocycles. The zero-order chi connectivity index (χ0) is 39.2. The Hall–Kier alpha value is -6.41. The first-order valence-corrected chi connectivity index (χ1v) is 18.1. The van der Waals surface area contributed by atoms with Crippen LogP contribution in [0.4, 0.5) is 0 Å². The number of hydrogen-bond acceptors (Lipinski definition) is 8. The summed E-state index contributed by atoms with van der Waals surface area (Å²) in [6.07, 6.45) is 4.75. The number of para-hydroxylation sites is 1. The summed E-state index contributed by atoms with van der Waals surface area (Å²) in [5.74, 6) is -4.93. The van der Waals surface area contributed by atoms with Crippen LogP contribution in [0.15, 0.2) is 104 Å². The number of fused-ring (bicyclic) bond motifs is 1. The molecule has 0 saturated carbocycles. The molecule has 0 spiro atoms. The Bertz CT molecular complexity index is 2070. The molecule has 0 radical (unpaired) electrons. The van der Waals surface area contributed by atoms with Gasteiger partial charge in [0.25, 0.3) is 5.91 Å². The quantitative estimate of drug-likeness (QED) is 0.0587. The number of carbonyl (C=O) groups excluding carboxylic acids is 6. The molecule has 14 nitrogen and oxygen atoms in total. The summed E-state index contributed by atoms with van der Waals surface area (Å²) in [5.41, 5.74) is 15.0. The molecule has 14 heteroatoms. The fraction of sp³-hybridized carbons (Fsp3) is 0.293. The Labute approximate surface area is 318 Å². The van der Waals surface area contributed by atoms with Crippen molar-refractivity contribution >= 4 is 46.1 Å². The van der Waals surface area contributed by atoms with Gasteiger partial charge in [-0.3, -0.25) is 28.8 Å². The molecule has 4 atom stereocenters. The summed E-state index contributed by atoms with van der Waals surface area (Å²) in [6, 6.07) is 23.0. The average Bonchev–Trinajstić information content (AvgIpc) is 3.86. The van der Waals surface area contributed by atoms with E-state index in [0.717, 1.165) is 22.0 Å². The lowest BCUT2D eigenvalue weighted by atomic mass is 9.90. The first-order valence-electron chi connectivity index (χ1n) is 18.1. The third-order valence-corrected chi connectivity index (χ3v) is 9.43. The number of aromatic nitrogens is 3. The van der Waals surface area contributed by atoms with E-state index in [0.29, 0.717) is 11.3 Å². The molecule has 0 aliphatic heterocycles. The van der Waals surface area contributed by atoms with Gasteiger partial charge in [0.1, 0.15) is 6.04 Å². The van der Waals surface area contributed by atoms with Gasteiger partial charge in [0.05, 0.1) is 24.8 Å². The molecule has 0 saturated heterocycles. The Morgan fingerprint density at radius 3 is 2.09 bits per heavy atom. The lowest BCUT2D eigenvalue weighted by molar-refractivity contribution is -0.134. The number of H-pyrrole nitrogens is 2. The van der Waals surface area contributed by atoms with Gasteiger partial charge in [-0.05, 0) is 48.7 Å². The van der Waals surface area contributed by atoms with E-state index in [-0.39, 0.29) is 57.4 Å². The number of nitrogens with one attached hydrogen (secondary N) is 5. The maximum atomic E-state index is 14.1. The third-order valence-electron chi connectivity index (χ3n) is 9.43. The summed E-state index contributed by atoms with van der Waals surface area (Å²) >= 11 is 0. The predicted octanol–water partition coefficient (Wildman–Crippen LogP) is 2.30. The Balaban J connectivity index is 1.29. The Kier molecular flexibility index (Phi) is 14.2. The molecular weight excluding hydrogens is 701 g/mol. The topological polar surface area (TPSA) is 235 Å². The highest BCUT2D eigenvalue weighted by Crippen LogP contribution is 2.21. The molecule has 0 bridgehead atoms. The predicted molar refractivity (Wildman–Crippen MR) is 206 cm³/mol. The fourth-order valence-electron chi connectivity index (χ4n) is 6.47. The standard InChI is InChI=1S/C41H46N8O6/c42-16-15-28(40(54)49-36(38(43)52)20-30-22-45-34-14-8-7-13-33(30)34)21-37(51)35(17-26-9-3-1-4-10-26)48-41(55)29(18-31-23-44-25-47-31)19-32(50)24-46-39(53)27-11-5-2-6-12-27/h1-14,22-23,25,28-29,35-36,45H,15-21,24,42H2,(H2,43,52)(H,44,47)(H,46,53)(H,48,55)(H,49,54)/t28?,29-,35-,36?/m1/s1. The molecule has 3 aromatic carbocycles. The zero-order valence-electron chi connectivity index (χ0n) is 30.3. The maximum absolute atomic E-state index is 14.1. The number of benzene rings is 3. The minimum atomic E-state index is -1.07. The minimum Gasteiger partial charge on any atom is -0.368 e. The van der Waals surface area contributed by atoms with Gasteiger partial charge < -0.3 is 37.4 Å². The molecule has 9 N–H and O–H groups in total. The van der Waals surface area contributed by atoms with Crippen molar-refractivity contribution in [1.29, 1.82) is 0 Å². The smallest absolute Gasteiger partial charge is 0.251 e. The van der Waals surface area contributed by atoms with Crippen molar-refractivity contribution in [2.24, 2.45) is 23.3 Å². The van der Waals surface area contributed by atoms with Crippen LogP contribution in [0.25, 0.3) is 10.9 Å². The molecule has 2 heterocycles. The van der Waals surface area contributed by atoms with Crippen LogP contribution in [0.5, 0.6) is 0 Å². The zero-order valence-corrected chi connectivity index (χ0v) is 30.3. The molecular formula is C41H46N8O6. The lowest BCUT2D eigenvalue weighted by Crippen LogP contribution is -2.50. The highest BCUT2D eigenvalue weighted by Gasteiger charge is 2.32. The van der Waals surface area contributed by atoms with Crippen molar-refractivity contribution in [2.75, 3.05) is 13.1 Å². The van der Waals surface area contributed by atoms with E-state index in [9.17, 15) is 28.8 Å². The summed E-state index contributed by atoms with van der Waals surface area (Å²) in [7, 11) is 0. The van der Waals surface area contributed by atoms with Crippen LogP contribution in [0, 0.1) is 11.8 Å². The van der Waals surface area contributed by atoms with Gasteiger partial charge in [0, 0.05) is 66.2 Å². The maximum Gasteiger partial charge on any atom is 0.251 e. The van der Waals surface area contributed by atoms with Crippen molar-refractivity contribution in [1.82, 2.24) is 30.9 Å². The van der Waals surface area contributed by atoms with Crippen LogP contribution in [0.3, 0.4) is 0 Å². The molecule has 0 fully saturated rings. The number of aromatic amines is 2. The first-order chi connectivity index (χ1) is 26.6. The van der Waals surface area contributed by atoms with E-state index in [2.05, 4.69) is 30.9 Å². The number of amides is 4. The fourth-order valence-corrected chi connectivity index (χ4v) is 6.47. The first kappa shape index (κ1) is 39.8. The number of primary amides is 1. The number of ketones is 2. The molecule has 5 rings (SSSR count). The highest BCUT2D eigenvalue weighted by molar-refractivity contribution is 5.98. The Morgan fingerprint density at radius 2 is 1.40 bits per heavy atom. The number of nitrogens with zero attached hydrogens (tertiary/aromatic N) is 1. The molecule has 2 unspecified atom stereocenters. The van der Waals surface area contributed by atoms with Gasteiger partial charge in [-0.15, -0.1) is 0 Å². The van der Waals surface area contributed by atoms with E-state index >= 15 is 0 Å². The van der Waals surface area contributed by atoms with Crippen molar-refractivity contribution in [2.45, 2.75) is 50.6 Å². The van der Waals surface area contributed by atoms with Crippen LogP contribution in [-0.2, 0) is 43.2 Å². The summed E-state index contributed by atoms with van der Waals surface area (Å²) in [4.78, 5) is 90.1. The second-order valence-electron chi connectivity index (χ2n) is 13.5. The van der Waals surface area contributed by atoms with Crippen LogP contribution in [0.1, 0.15) is 46.4 Å². The van der Waals surface area contributed by atoms with E-state index in [1.807, 2.05) is 54.6 Å². The van der Waals surface area contributed by atoms with E-state index in [4.69, 9.17) is 11.5 Å². The molecule has 0 aliphatic rings. The Morgan fingerprint density at radius 1 is 0.727 bits per heavy atom. The van der Waals surface area contributed by atoms with Gasteiger partial charge in [-0.1, -0.05) is 66.7 Å². The summed E-state index contributed by atoms with van der Waals surface area (Å²) < 4.78 is 0. The number of Topliss-reactive ketones (excluding diaryl/α,β-unsaturated/α-hetero) is 2. The number of hydrogen-bond donors (Lipinski definition) is 7. The van der Waals surface area contributed by atoms with Gasteiger partial charge in [-0.2, -0.15) is 0 Å². The lowest BCUT2D eigenvalue weighted by Gasteiger charge is -2.25. The van der Waals surface area contributed by atoms with E-state index in [1.165, 1.54) is 6.33 Å². The summed E-state index contributed by atoms with van der Waals surface area (Å²) in [5, 5.41) is 9.09. The van der Waals surface area contributed by atoms with E-state index in [1.54, 1.807) is 42.7 Å². The number of carbonyl (C=O) groups is 6. The minimum absolute atomic E-state index is 0.0833. The van der Waals surface area contributed by atoms with Crippen LogP contribution >= 0.6 is 0 Å². The number of nitrogens with two attached hydrogens (primary N) is 2. The third kappa shape index (κ3) is 11.5. The highest BCUT2D eigenvalue weighted by atomic mass is 16.2. The van der Waals surface area contributed by atoms with Crippen molar-refractivity contribution in [3.8, 4) is 0 Å². The molecule has 286 valence electrons. The second-order valence-corrected chi connectivity index (χ2v) is 13.5. The average molecular weight is 747 g/mol.